The van der Waals surface area contributed by atoms with Gasteiger partial charge in [0.25, 0.3) is 0 Å². The van der Waals surface area contributed by atoms with Crippen LogP contribution in [0.3, 0.4) is 0 Å². The summed E-state index contributed by atoms with van der Waals surface area (Å²) in [6.07, 6.45) is 0.824. The number of rotatable bonds is 4. The van der Waals surface area contributed by atoms with Crippen LogP contribution in [0.5, 0.6) is 0 Å². The third-order valence-corrected chi connectivity index (χ3v) is 3.39. The van der Waals surface area contributed by atoms with Crippen molar-refractivity contribution in [3.05, 3.63) is 58.2 Å². The van der Waals surface area contributed by atoms with E-state index < -0.39 is 0 Å². The van der Waals surface area contributed by atoms with Gasteiger partial charge in [0.15, 0.2) is 0 Å². The van der Waals surface area contributed by atoms with Crippen LogP contribution in [-0.4, -0.2) is 11.7 Å². The van der Waals surface area contributed by atoms with E-state index in [1.54, 1.807) is 0 Å². The Bertz CT molecular complexity index is 528. The first-order valence-corrected chi connectivity index (χ1v) is 6.72. The predicted octanol–water partition coefficient (Wildman–Crippen LogP) is 4.25. The number of hydrogen-bond donors (Lipinski definition) is 1. The van der Waals surface area contributed by atoms with Gasteiger partial charge in [0.1, 0.15) is 0 Å². The molecule has 1 nitrogen and oxygen atoms in total. The minimum absolute atomic E-state index is 0.144. The predicted molar refractivity (Wildman–Crippen MR) is 81.6 cm³/mol. The summed E-state index contributed by atoms with van der Waals surface area (Å²) in [5, 5.41) is 12.0. The fourth-order valence-electron chi connectivity index (χ4n) is 2.15. The van der Waals surface area contributed by atoms with E-state index in [-0.39, 0.29) is 12.5 Å². The molecule has 1 unspecified atom stereocenters. The van der Waals surface area contributed by atoms with E-state index in [2.05, 4.69) is 59.5 Å². The largest absolute Gasteiger partial charge is 0.396 e. The zero-order valence-electron chi connectivity index (χ0n) is 9.57. The Kier molecular flexibility index (Phi) is 4.18. The normalized spacial score (nSPS) is 12.6. The molecule has 0 fully saturated rings. The summed E-state index contributed by atoms with van der Waals surface area (Å²) in [4.78, 5) is 0. The molecule has 0 heterocycles. The molecule has 0 bridgehead atoms. The van der Waals surface area contributed by atoms with E-state index in [1.165, 1.54) is 16.3 Å². The lowest BCUT2D eigenvalue weighted by Gasteiger charge is -2.16. The van der Waals surface area contributed by atoms with Gasteiger partial charge in [-0.15, -0.1) is 0 Å². The van der Waals surface area contributed by atoms with Crippen LogP contribution in [0.25, 0.3) is 10.8 Å². The highest BCUT2D eigenvalue weighted by molar-refractivity contribution is 14.1. The van der Waals surface area contributed by atoms with Crippen molar-refractivity contribution in [2.75, 3.05) is 6.61 Å². The fraction of sp³-hybridized carbons (Fsp3) is 0.200. The number of benzene rings is 2. The van der Waals surface area contributed by atoms with Crippen molar-refractivity contribution in [2.45, 2.75) is 12.3 Å². The van der Waals surface area contributed by atoms with Crippen LogP contribution < -0.4 is 0 Å². The van der Waals surface area contributed by atoms with E-state index >= 15 is 0 Å². The highest BCUT2D eigenvalue weighted by Gasteiger charge is 2.13. The van der Waals surface area contributed by atoms with Crippen molar-refractivity contribution in [3.8, 4) is 0 Å². The van der Waals surface area contributed by atoms with Gasteiger partial charge >= 0.3 is 0 Å². The average molecular weight is 338 g/mol. The van der Waals surface area contributed by atoms with E-state index in [0.29, 0.717) is 0 Å². The molecular weight excluding hydrogens is 323 g/mol. The monoisotopic (exact) mass is 338 g/mol. The van der Waals surface area contributed by atoms with Crippen LogP contribution in [0.2, 0.25) is 0 Å². The van der Waals surface area contributed by atoms with Gasteiger partial charge in [-0.3, -0.25) is 0 Å². The SMILES string of the molecule is C=C(I)CC(CO)c1cccc2ccccc12. The summed E-state index contributed by atoms with van der Waals surface area (Å²) >= 11 is 2.23. The average Bonchev–Trinajstić information content (AvgIpc) is 2.35. The van der Waals surface area contributed by atoms with Crippen molar-refractivity contribution in [3.63, 3.8) is 0 Å². The van der Waals surface area contributed by atoms with Crippen LogP contribution >= 0.6 is 22.6 Å². The molecule has 17 heavy (non-hydrogen) atoms. The van der Waals surface area contributed by atoms with E-state index in [1.807, 2.05) is 12.1 Å². The Hall–Kier alpha value is -0.870. The molecule has 2 aromatic rings. The third-order valence-electron chi connectivity index (χ3n) is 2.95. The molecule has 0 saturated carbocycles. The standard InChI is InChI=1S/C15H15IO/c1-11(16)9-13(10-17)15-8-4-6-12-5-2-3-7-14(12)15/h2-8,13,17H,1,9-10H2. The molecule has 2 rings (SSSR count). The second-order valence-electron chi connectivity index (χ2n) is 4.17. The molecule has 0 aliphatic rings. The highest BCUT2D eigenvalue weighted by Crippen LogP contribution is 2.30. The van der Waals surface area contributed by atoms with Crippen molar-refractivity contribution >= 4 is 33.4 Å². The maximum atomic E-state index is 9.54. The molecule has 0 amide bonds. The third kappa shape index (κ3) is 2.87. The number of halogens is 1. The van der Waals surface area contributed by atoms with E-state index in [0.717, 1.165) is 10.0 Å². The zero-order chi connectivity index (χ0) is 12.3. The van der Waals surface area contributed by atoms with Gasteiger partial charge < -0.3 is 5.11 Å². The summed E-state index contributed by atoms with van der Waals surface area (Å²) in [6.45, 7) is 4.09. The van der Waals surface area contributed by atoms with Crippen LogP contribution in [0.1, 0.15) is 17.9 Å². The number of allylic oxidation sites excluding steroid dienone is 1. The number of aliphatic hydroxyl groups is 1. The van der Waals surface area contributed by atoms with Gasteiger partial charge in [0.05, 0.1) is 6.61 Å². The molecule has 0 radical (unpaired) electrons. The molecule has 2 aromatic carbocycles. The van der Waals surface area contributed by atoms with Crippen LogP contribution in [0.15, 0.2) is 52.6 Å². The van der Waals surface area contributed by atoms with Crippen LogP contribution in [0.4, 0.5) is 0 Å². The lowest BCUT2D eigenvalue weighted by Crippen LogP contribution is -2.04. The number of hydrogen-bond acceptors (Lipinski definition) is 1. The van der Waals surface area contributed by atoms with E-state index in [4.69, 9.17) is 0 Å². The van der Waals surface area contributed by atoms with E-state index in [9.17, 15) is 5.11 Å². The van der Waals surface area contributed by atoms with Crippen molar-refractivity contribution in [1.82, 2.24) is 0 Å². The maximum Gasteiger partial charge on any atom is 0.0503 e. The van der Waals surface area contributed by atoms with Gasteiger partial charge in [-0.25, -0.2) is 0 Å². The molecule has 1 N–H and O–H groups in total. The molecule has 0 aliphatic carbocycles. The second kappa shape index (κ2) is 5.65. The fourth-order valence-corrected chi connectivity index (χ4v) is 2.68. The molecule has 1 atom stereocenters. The smallest absolute Gasteiger partial charge is 0.0503 e. The molecular formula is C15H15IO. The Morgan fingerprint density at radius 2 is 1.88 bits per heavy atom. The number of fused-ring (bicyclic) bond motifs is 1. The first-order valence-electron chi connectivity index (χ1n) is 5.64. The van der Waals surface area contributed by atoms with Gasteiger partial charge in [-0.05, 0) is 48.9 Å². The zero-order valence-corrected chi connectivity index (χ0v) is 11.7. The molecule has 0 aromatic heterocycles. The van der Waals surface area contributed by atoms with Crippen LogP contribution in [0, 0.1) is 0 Å². The van der Waals surface area contributed by atoms with Crippen molar-refractivity contribution in [2.24, 2.45) is 0 Å². The van der Waals surface area contributed by atoms with Gasteiger partial charge in [-0.1, -0.05) is 49.0 Å². The van der Waals surface area contributed by atoms with Crippen LogP contribution in [-0.2, 0) is 0 Å². The van der Waals surface area contributed by atoms with Gasteiger partial charge in [0, 0.05) is 5.92 Å². The number of aliphatic hydroxyl groups excluding tert-OH is 1. The lowest BCUT2D eigenvalue weighted by atomic mass is 9.92. The highest BCUT2D eigenvalue weighted by atomic mass is 127. The first kappa shape index (κ1) is 12.6. The molecule has 2 heteroatoms. The van der Waals surface area contributed by atoms with Crippen molar-refractivity contribution in [1.29, 1.82) is 0 Å². The molecule has 0 saturated heterocycles. The summed E-state index contributed by atoms with van der Waals surface area (Å²) in [6, 6.07) is 14.6. The summed E-state index contributed by atoms with van der Waals surface area (Å²) in [5.41, 5.74) is 1.21. The summed E-state index contributed by atoms with van der Waals surface area (Å²) < 4.78 is 1.08. The summed E-state index contributed by atoms with van der Waals surface area (Å²) in [5.74, 6) is 0.144. The van der Waals surface area contributed by atoms with Gasteiger partial charge in [0.2, 0.25) is 0 Å². The topological polar surface area (TPSA) is 20.2 Å². The second-order valence-corrected chi connectivity index (χ2v) is 5.69. The minimum Gasteiger partial charge on any atom is -0.396 e. The molecule has 88 valence electrons. The molecule has 0 aliphatic heterocycles. The Labute approximate surface area is 115 Å². The quantitative estimate of drug-likeness (QED) is 0.826. The Morgan fingerprint density at radius 3 is 2.59 bits per heavy atom. The lowest BCUT2D eigenvalue weighted by molar-refractivity contribution is 0.266. The maximum absolute atomic E-state index is 9.54. The van der Waals surface area contributed by atoms with Gasteiger partial charge in [-0.2, -0.15) is 0 Å². The Morgan fingerprint density at radius 1 is 1.18 bits per heavy atom. The van der Waals surface area contributed by atoms with Crippen molar-refractivity contribution < 1.29 is 5.11 Å². The minimum atomic E-state index is 0.144. The summed E-state index contributed by atoms with van der Waals surface area (Å²) in [7, 11) is 0. The first-order chi connectivity index (χ1) is 8.22. The molecule has 0 spiro atoms. The Balaban J connectivity index is 2.49.